The van der Waals surface area contributed by atoms with Gasteiger partial charge in [0.2, 0.25) is 0 Å². The predicted octanol–water partition coefficient (Wildman–Crippen LogP) is 5.55. The molecule has 3 aromatic rings. The average Bonchev–Trinajstić information content (AvgIpc) is 2.79. The minimum absolute atomic E-state index is 0.00956. The van der Waals surface area contributed by atoms with Gasteiger partial charge in [-0.25, -0.2) is 4.39 Å². The van der Waals surface area contributed by atoms with E-state index in [1.165, 1.54) is 11.0 Å². The summed E-state index contributed by atoms with van der Waals surface area (Å²) in [5.41, 5.74) is 1.79. The summed E-state index contributed by atoms with van der Waals surface area (Å²) in [7, 11) is 0. The SMILES string of the molecule is CC1=C(c2ccccc2)C(=O)N(C(C)(C)C(O)c2ccc(-c3ccccc3)c(F)c2)CO1. The van der Waals surface area contributed by atoms with Gasteiger partial charge in [0.05, 0.1) is 11.1 Å². The highest BCUT2D eigenvalue weighted by Gasteiger charge is 2.42. The van der Waals surface area contributed by atoms with Gasteiger partial charge >= 0.3 is 0 Å². The maximum absolute atomic E-state index is 14.9. The first-order chi connectivity index (χ1) is 15.3. The highest BCUT2D eigenvalue weighted by molar-refractivity contribution is 6.20. The van der Waals surface area contributed by atoms with Crippen molar-refractivity contribution < 1.29 is 19.0 Å². The minimum Gasteiger partial charge on any atom is -0.477 e. The van der Waals surface area contributed by atoms with Crippen LogP contribution in [0.25, 0.3) is 16.7 Å². The summed E-state index contributed by atoms with van der Waals surface area (Å²) < 4.78 is 20.7. The zero-order valence-corrected chi connectivity index (χ0v) is 18.4. The number of ether oxygens (including phenoxy) is 1. The summed E-state index contributed by atoms with van der Waals surface area (Å²) in [6, 6.07) is 23.2. The van der Waals surface area contributed by atoms with E-state index in [4.69, 9.17) is 4.74 Å². The van der Waals surface area contributed by atoms with Crippen LogP contribution in [0.15, 0.2) is 84.6 Å². The Kier molecular flexibility index (Phi) is 5.85. The molecule has 0 saturated carbocycles. The van der Waals surface area contributed by atoms with Gasteiger partial charge in [-0.2, -0.15) is 0 Å². The molecule has 1 amide bonds. The molecule has 3 aromatic carbocycles. The molecule has 32 heavy (non-hydrogen) atoms. The Morgan fingerprint density at radius 3 is 2.16 bits per heavy atom. The highest BCUT2D eigenvalue weighted by Crippen LogP contribution is 2.37. The van der Waals surface area contributed by atoms with Crippen molar-refractivity contribution in [1.82, 2.24) is 4.90 Å². The van der Waals surface area contributed by atoms with Gasteiger partial charge in [-0.05, 0) is 43.5 Å². The van der Waals surface area contributed by atoms with Gasteiger partial charge in [0.1, 0.15) is 17.7 Å². The van der Waals surface area contributed by atoms with E-state index < -0.39 is 17.5 Å². The lowest BCUT2D eigenvalue weighted by Gasteiger charge is -2.44. The molecule has 0 radical (unpaired) electrons. The molecule has 0 fully saturated rings. The molecule has 4 nitrogen and oxygen atoms in total. The third-order valence-corrected chi connectivity index (χ3v) is 6.04. The average molecular weight is 432 g/mol. The first kappa shape index (κ1) is 21.8. The molecular weight excluding hydrogens is 405 g/mol. The van der Waals surface area contributed by atoms with Crippen LogP contribution in [0.1, 0.15) is 38.0 Å². The van der Waals surface area contributed by atoms with Crippen LogP contribution in [0, 0.1) is 5.82 Å². The second-order valence-electron chi connectivity index (χ2n) is 8.47. The van der Waals surface area contributed by atoms with Crippen LogP contribution in [0.3, 0.4) is 0 Å². The Balaban J connectivity index is 1.63. The molecule has 1 atom stereocenters. The van der Waals surface area contributed by atoms with Gasteiger partial charge in [-0.15, -0.1) is 0 Å². The van der Waals surface area contributed by atoms with E-state index in [0.29, 0.717) is 22.5 Å². The first-order valence-electron chi connectivity index (χ1n) is 10.5. The van der Waals surface area contributed by atoms with E-state index in [0.717, 1.165) is 11.1 Å². The number of nitrogens with zero attached hydrogens (tertiary/aromatic N) is 1. The molecule has 0 aliphatic carbocycles. The van der Waals surface area contributed by atoms with E-state index in [9.17, 15) is 14.3 Å². The quantitative estimate of drug-likeness (QED) is 0.576. The van der Waals surface area contributed by atoms with Gasteiger partial charge in [-0.3, -0.25) is 9.69 Å². The Morgan fingerprint density at radius 1 is 0.969 bits per heavy atom. The standard InChI is InChI=1S/C27H26FNO3/c1-18-24(20-12-8-5-9-13-20)26(31)29(17-32-18)27(2,3)25(30)21-14-15-22(23(28)16-21)19-10-6-4-7-11-19/h4-16,25,30H,17H2,1-3H3. The number of allylic oxidation sites excluding steroid dienone is 1. The predicted molar refractivity (Wildman–Crippen MR) is 123 cm³/mol. The van der Waals surface area contributed by atoms with Gasteiger partial charge < -0.3 is 9.84 Å². The fourth-order valence-corrected chi connectivity index (χ4v) is 4.05. The van der Waals surface area contributed by atoms with Gasteiger partial charge in [-0.1, -0.05) is 72.8 Å². The van der Waals surface area contributed by atoms with Crippen LogP contribution < -0.4 is 0 Å². The molecule has 1 aliphatic rings. The number of halogens is 1. The van der Waals surface area contributed by atoms with E-state index in [1.807, 2.05) is 60.7 Å². The fourth-order valence-electron chi connectivity index (χ4n) is 4.05. The number of aliphatic hydroxyl groups is 1. The molecule has 0 saturated heterocycles. The van der Waals surface area contributed by atoms with Gasteiger partial charge in [0.15, 0.2) is 6.73 Å². The van der Waals surface area contributed by atoms with Crippen molar-refractivity contribution in [2.24, 2.45) is 0 Å². The monoisotopic (exact) mass is 431 g/mol. The lowest BCUT2D eigenvalue weighted by Crippen LogP contribution is -2.54. The lowest BCUT2D eigenvalue weighted by atomic mass is 9.87. The van der Waals surface area contributed by atoms with Crippen molar-refractivity contribution in [3.63, 3.8) is 0 Å². The number of benzene rings is 3. The van der Waals surface area contributed by atoms with Crippen molar-refractivity contribution >= 4 is 11.5 Å². The maximum Gasteiger partial charge on any atom is 0.261 e. The molecule has 164 valence electrons. The summed E-state index contributed by atoms with van der Waals surface area (Å²) in [4.78, 5) is 14.9. The zero-order valence-electron chi connectivity index (χ0n) is 18.4. The number of rotatable bonds is 5. The van der Waals surface area contributed by atoms with Crippen LogP contribution in [0.5, 0.6) is 0 Å². The smallest absolute Gasteiger partial charge is 0.261 e. The molecule has 0 aromatic heterocycles. The Morgan fingerprint density at radius 2 is 1.56 bits per heavy atom. The molecule has 5 heteroatoms. The Bertz CT molecular complexity index is 1160. The van der Waals surface area contributed by atoms with Crippen LogP contribution >= 0.6 is 0 Å². The summed E-state index contributed by atoms with van der Waals surface area (Å²) in [5.74, 6) is -0.114. The molecule has 1 heterocycles. The third kappa shape index (κ3) is 3.92. The van der Waals surface area contributed by atoms with Crippen molar-refractivity contribution in [3.8, 4) is 11.1 Å². The number of carbonyl (C=O) groups excluding carboxylic acids is 1. The topological polar surface area (TPSA) is 49.8 Å². The second-order valence-corrected chi connectivity index (χ2v) is 8.47. The van der Waals surface area contributed by atoms with E-state index >= 15 is 0 Å². The molecule has 1 N–H and O–H groups in total. The number of hydrogen-bond donors (Lipinski definition) is 1. The molecule has 0 spiro atoms. The summed E-state index contributed by atoms with van der Waals surface area (Å²) >= 11 is 0. The molecule has 0 bridgehead atoms. The van der Waals surface area contributed by atoms with Gasteiger partial charge in [0, 0.05) is 5.56 Å². The first-order valence-corrected chi connectivity index (χ1v) is 10.5. The van der Waals surface area contributed by atoms with Crippen molar-refractivity contribution in [2.45, 2.75) is 32.4 Å². The van der Waals surface area contributed by atoms with Crippen LogP contribution in [-0.2, 0) is 9.53 Å². The van der Waals surface area contributed by atoms with Crippen LogP contribution in [0.2, 0.25) is 0 Å². The molecular formula is C27H26FNO3. The highest BCUT2D eigenvalue weighted by atomic mass is 19.1. The Hall–Kier alpha value is -3.44. The van der Waals surface area contributed by atoms with E-state index in [-0.39, 0.29) is 12.6 Å². The van der Waals surface area contributed by atoms with Crippen LogP contribution in [-0.4, -0.2) is 28.2 Å². The van der Waals surface area contributed by atoms with Crippen molar-refractivity contribution in [1.29, 1.82) is 0 Å². The van der Waals surface area contributed by atoms with Gasteiger partial charge in [0.25, 0.3) is 5.91 Å². The number of carbonyl (C=O) groups is 1. The third-order valence-electron chi connectivity index (χ3n) is 6.04. The molecule has 4 rings (SSSR count). The minimum atomic E-state index is -1.12. The van der Waals surface area contributed by atoms with Crippen LogP contribution in [0.4, 0.5) is 4.39 Å². The molecule has 1 aliphatic heterocycles. The fraction of sp³-hybridized carbons (Fsp3) is 0.222. The Labute approximate surface area is 187 Å². The normalized spacial score (nSPS) is 15.5. The number of amides is 1. The van der Waals surface area contributed by atoms with Crippen molar-refractivity contribution in [2.75, 3.05) is 6.73 Å². The largest absolute Gasteiger partial charge is 0.477 e. The summed E-state index contributed by atoms with van der Waals surface area (Å²) in [6.45, 7) is 5.28. The summed E-state index contributed by atoms with van der Waals surface area (Å²) in [5, 5.41) is 11.2. The zero-order chi connectivity index (χ0) is 22.9. The summed E-state index contributed by atoms with van der Waals surface area (Å²) in [6.07, 6.45) is -1.12. The van der Waals surface area contributed by atoms with E-state index in [2.05, 4.69) is 0 Å². The molecule has 1 unspecified atom stereocenters. The lowest BCUT2D eigenvalue weighted by molar-refractivity contribution is -0.146. The second kappa shape index (κ2) is 8.60. The maximum atomic E-state index is 14.9. The van der Waals surface area contributed by atoms with Crippen molar-refractivity contribution in [3.05, 3.63) is 102 Å². The number of hydrogen-bond acceptors (Lipinski definition) is 3. The van der Waals surface area contributed by atoms with E-state index in [1.54, 1.807) is 32.9 Å². The number of aliphatic hydroxyl groups excluding tert-OH is 1.